The van der Waals surface area contributed by atoms with Crippen LogP contribution in [-0.2, 0) is 5.41 Å². The molecule has 1 saturated carbocycles. The highest BCUT2D eigenvalue weighted by molar-refractivity contribution is 5.46. The van der Waals surface area contributed by atoms with Gasteiger partial charge in [0.1, 0.15) is 11.6 Å². The number of rotatable bonds is 5. The van der Waals surface area contributed by atoms with E-state index in [1.54, 1.807) is 7.11 Å². The molecule has 1 aliphatic rings. The van der Waals surface area contributed by atoms with Gasteiger partial charge in [-0.1, -0.05) is 24.6 Å². The molecule has 3 aromatic rings. The Bertz CT molecular complexity index is 826. The van der Waals surface area contributed by atoms with Crippen LogP contribution >= 0.6 is 0 Å². The molecule has 1 aromatic carbocycles. The van der Waals surface area contributed by atoms with E-state index < -0.39 is 0 Å². The fourth-order valence-electron chi connectivity index (χ4n) is 3.23. The van der Waals surface area contributed by atoms with E-state index in [1.165, 1.54) is 16.6 Å². The number of para-hydroxylation sites is 1. The summed E-state index contributed by atoms with van der Waals surface area (Å²) in [7, 11) is 1.73. The Hall–Kier alpha value is -2.70. The molecule has 1 fully saturated rings. The van der Waals surface area contributed by atoms with E-state index in [9.17, 15) is 0 Å². The summed E-state index contributed by atoms with van der Waals surface area (Å²) in [5.74, 6) is 1.73. The van der Waals surface area contributed by atoms with E-state index in [2.05, 4.69) is 38.1 Å². The van der Waals surface area contributed by atoms with Crippen molar-refractivity contribution in [2.24, 2.45) is 0 Å². The van der Waals surface area contributed by atoms with Gasteiger partial charge < -0.3 is 10.1 Å². The standard InChI is InChI=1S/C16H18N6O/c1-23-13-6-3-2-5-12(13)16(9-4-10-16)11-17-14-7-8-15-18-20-21-22(15)19-14/h2-3,5-8H,4,9-11H2,1H3,(H,17,19). The van der Waals surface area contributed by atoms with Gasteiger partial charge in [-0.05, 0) is 41.5 Å². The Morgan fingerprint density at radius 2 is 2.09 bits per heavy atom. The zero-order valence-electron chi connectivity index (χ0n) is 12.9. The van der Waals surface area contributed by atoms with Crippen LogP contribution in [0.4, 0.5) is 5.82 Å². The van der Waals surface area contributed by atoms with E-state index in [1.807, 2.05) is 24.3 Å². The highest BCUT2D eigenvalue weighted by Crippen LogP contribution is 2.47. The first kappa shape index (κ1) is 13.9. The number of hydrogen-bond acceptors (Lipinski definition) is 6. The highest BCUT2D eigenvalue weighted by Gasteiger charge is 2.40. The summed E-state index contributed by atoms with van der Waals surface area (Å²) in [6.45, 7) is 0.813. The minimum absolute atomic E-state index is 0.101. The fourth-order valence-corrected chi connectivity index (χ4v) is 3.23. The van der Waals surface area contributed by atoms with Gasteiger partial charge in [0.05, 0.1) is 7.11 Å². The van der Waals surface area contributed by atoms with Crippen molar-refractivity contribution in [2.45, 2.75) is 24.7 Å². The topological polar surface area (TPSA) is 77.2 Å². The van der Waals surface area contributed by atoms with Crippen LogP contribution in [0.1, 0.15) is 24.8 Å². The minimum Gasteiger partial charge on any atom is -0.496 e. The molecular formula is C16H18N6O. The first-order chi connectivity index (χ1) is 11.3. The molecule has 23 heavy (non-hydrogen) atoms. The van der Waals surface area contributed by atoms with Gasteiger partial charge in [-0.2, -0.15) is 0 Å². The number of methoxy groups -OCH3 is 1. The number of tetrazole rings is 1. The molecule has 0 aliphatic heterocycles. The molecule has 0 unspecified atom stereocenters. The summed E-state index contributed by atoms with van der Waals surface area (Å²) in [6.07, 6.45) is 3.53. The lowest BCUT2D eigenvalue weighted by Gasteiger charge is -2.43. The van der Waals surface area contributed by atoms with Crippen LogP contribution in [0.25, 0.3) is 5.65 Å². The molecule has 1 aliphatic carbocycles. The van der Waals surface area contributed by atoms with Crippen molar-refractivity contribution in [2.75, 3.05) is 19.0 Å². The number of ether oxygens (including phenoxy) is 1. The summed E-state index contributed by atoms with van der Waals surface area (Å²) in [5, 5.41) is 19.1. The molecule has 7 nitrogen and oxygen atoms in total. The molecule has 2 aromatic heterocycles. The van der Waals surface area contributed by atoms with Crippen molar-refractivity contribution in [3.63, 3.8) is 0 Å². The smallest absolute Gasteiger partial charge is 0.200 e. The second-order valence-electron chi connectivity index (χ2n) is 5.93. The molecule has 4 rings (SSSR count). The van der Waals surface area contributed by atoms with Crippen LogP contribution in [0, 0.1) is 0 Å². The maximum atomic E-state index is 5.55. The molecule has 0 atom stereocenters. The Morgan fingerprint density at radius 3 is 2.87 bits per heavy atom. The van der Waals surface area contributed by atoms with Crippen LogP contribution in [0.5, 0.6) is 5.75 Å². The second kappa shape index (κ2) is 5.49. The normalized spacial score (nSPS) is 16.0. The Labute approximate surface area is 133 Å². The molecule has 0 saturated heterocycles. The van der Waals surface area contributed by atoms with Crippen LogP contribution in [0.2, 0.25) is 0 Å². The van der Waals surface area contributed by atoms with Crippen molar-refractivity contribution in [1.82, 2.24) is 25.3 Å². The SMILES string of the molecule is COc1ccccc1C1(CNc2ccc3nnnn3n2)CCC1. The van der Waals surface area contributed by atoms with Crippen molar-refractivity contribution in [3.8, 4) is 5.75 Å². The first-order valence-corrected chi connectivity index (χ1v) is 7.74. The van der Waals surface area contributed by atoms with E-state index in [4.69, 9.17) is 4.74 Å². The van der Waals surface area contributed by atoms with Gasteiger partial charge in [-0.3, -0.25) is 0 Å². The van der Waals surface area contributed by atoms with Crippen LogP contribution in [-0.4, -0.2) is 38.9 Å². The summed E-state index contributed by atoms with van der Waals surface area (Å²) in [5.41, 5.74) is 2.01. The summed E-state index contributed by atoms with van der Waals surface area (Å²) < 4.78 is 6.98. The molecule has 7 heteroatoms. The lowest BCUT2D eigenvalue weighted by molar-refractivity contribution is 0.250. The van der Waals surface area contributed by atoms with E-state index in [0.717, 1.165) is 31.0 Å². The zero-order chi connectivity index (χ0) is 15.7. The third kappa shape index (κ3) is 2.38. The molecule has 118 valence electrons. The number of aromatic nitrogens is 5. The Kier molecular flexibility index (Phi) is 3.33. The van der Waals surface area contributed by atoms with E-state index >= 15 is 0 Å². The Balaban J connectivity index is 1.58. The van der Waals surface area contributed by atoms with Crippen molar-refractivity contribution in [1.29, 1.82) is 0 Å². The second-order valence-corrected chi connectivity index (χ2v) is 5.93. The number of hydrogen-bond donors (Lipinski definition) is 1. The van der Waals surface area contributed by atoms with Crippen molar-refractivity contribution >= 4 is 11.5 Å². The van der Waals surface area contributed by atoms with Crippen LogP contribution in [0.3, 0.4) is 0 Å². The van der Waals surface area contributed by atoms with Gasteiger partial charge in [-0.25, -0.2) is 0 Å². The monoisotopic (exact) mass is 310 g/mol. The van der Waals surface area contributed by atoms with Crippen molar-refractivity contribution in [3.05, 3.63) is 42.0 Å². The maximum Gasteiger partial charge on any atom is 0.200 e. The van der Waals surface area contributed by atoms with E-state index in [-0.39, 0.29) is 5.41 Å². The third-order valence-electron chi connectivity index (χ3n) is 4.67. The van der Waals surface area contributed by atoms with Gasteiger partial charge >= 0.3 is 0 Å². The number of anilines is 1. The highest BCUT2D eigenvalue weighted by atomic mass is 16.5. The summed E-state index contributed by atoms with van der Waals surface area (Å²) in [6, 6.07) is 12.0. The fraction of sp³-hybridized carbons (Fsp3) is 0.375. The van der Waals surface area contributed by atoms with Gasteiger partial charge in [-0.15, -0.1) is 14.8 Å². The minimum atomic E-state index is 0.101. The average Bonchev–Trinajstić information content (AvgIpc) is 3.02. The molecular weight excluding hydrogens is 292 g/mol. The third-order valence-corrected chi connectivity index (χ3v) is 4.67. The van der Waals surface area contributed by atoms with Gasteiger partial charge in [0.2, 0.25) is 0 Å². The number of nitrogens with zero attached hydrogens (tertiary/aromatic N) is 5. The molecule has 0 amide bonds. The molecule has 2 heterocycles. The molecule has 0 radical (unpaired) electrons. The average molecular weight is 310 g/mol. The summed E-state index contributed by atoms with van der Waals surface area (Å²) >= 11 is 0. The van der Waals surface area contributed by atoms with Crippen LogP contribution < -0.4 is 10.1 Å². The van der Waals surface area contributed by atoms with Gasteiger partial charge in [0.25, 0.3) is 0 Å². The number of benzene rings is 1. The Morgan fingerprint density at radius 1 is 1.22 bits per heavy atom. The van der Waals surface area contributed by atoms with Crippen molar-refractivity contribution < 1.29 is 4.74 Å². The maximum absolute atomic E-state index is 5.55. The first-order valence-electron chi connectivity index (χ1n) is 7.74. The lowest BCUT2D eigenvalue weighted by atomic mass is 9.64. The molecule has 0 bridgehead atoms. The molecule has 0 spiro atoms. The predicted molar refractivity (Wildman–Crippen MR) is 85.6 cm³/mol. The van der Waals surface area contributed by atoms with Gasteiger partial charge in [0, 0.05) is 17.5 Å². The lowest BCUT2D eigenvalue weighted by Crippen LogP contribution is -2.41. The van der Waals surface area contributed by atoms with Crippen LogP contribution in [0.15, 0.2) is 36.4 Å². The largest absolute Gasteiger partial charge is 0.496 e. The predicted octanol–water partition coefficient (Wildman–Crippen LogP) is 2.06. The number of fused-ring (bicyclic) bond motifs is 1. The zero-order valence-corrected chi connectivity index (χ0v) is 12.9. The number of nitrogens with one attached hydrogen (secondary N) is 1. The van der Waals surface area contributed by atoms with Gasteiger partial charge in [0.15, 0.2) is 5.65 Å². The summed E-state index contributed by atoms with van der Waals surface area (Å²) in [4.78, 5) is 0. The quantitative estimate of drug-likeness (QED) is 0.777. The van der Waals surface area contributed by atoms with E-state index in [0.29, 0.717) is 5.65 Å². The molecule has 1 N–H and O–H groups in total.